The van der Waals surface area contributed by atoms with Crippen molar-refractivity contribution in [3.8, 4) is 16.9 Å². The Balaban J connectivity index is 2.18. The highest BCUT2D eigenvalue weighted by atomic mass is 79.9. The first-order valence-corrected chi connectivity index (χ1v) is 8.42. The van der Waals surface area contributed by atoms with Gasteiger partial charge in [0.1, 0.15) is 12.4 Å². The third-order valence-electron chi connectivity index (χ3n) is 3.91. The molecule has 1 amide bonds. The fourth-order valence-electron chi connectivity index (χ4n) is 2.80. The van der Waals surface area contributed by atoms with Crippen molar-refractivity contribution in [2.24, 2.45) is 0 Å². The molecule has 0 radical (unpaired) electrons. The van der Waals surface area contributed by atoms with Gasteiger partial charge in [-0.15, -0.1) is 6.58 Å². The number of methoxy groups -OCH3 is 1. The van der Waals surface area contributed by atoms with Crippen LogP contribution in [-0.2, 0) is 16.1 Å². The molecule has 0 aliphatic carbocycles. The molecule has 1 N–H and O–H groups in total. The van der Waals surface area contributed by atoms with E-state index in [1.165, 1.54) is 6.08 Å². The number of rotatable bonds is 4. The van der Waals surface area contributed by atoms with E-state index in [-0.39, 0.29) is 18.9 Å². The van der Waals surface area contributed by atoms with Crippen LogP contribution in [0.25, 0.3) is 11.1 Å². The lowest BCUT2D eigenvalue weighted by Crippen LogP contribution is -2.12. The second-order valence-electron chi connectivity index (χ2n) is 5.46. The zero-order valence-corrected chi connectivity index (χ0v) is 15.2. The first-order valence-electron chi connectivity index (χ1n) is 7.63. The number of cyclic esters (lactones) is 1. The van der Waals surface area contributed by atoms with Crippen molar-refractivity contribution in [1.82, 2.24) is 0 Å². The Morgan fingerprint density at radius 1 is 1.36 bits per heavy atom. The van der Waals surface area contributed by atoms with Crippen molar-refractivity contribution >= 4 is 33.5 Å². The number of nitrogens with one attached hydrogen (secondary N) is 1. The fraction of sp³-hybridized carbons (Fsp3) is 0.158. The van der Waals surface area contributed by atoms with Crippen LogP contribution in [-0.4, -0.2) is 19.0 Å². The van der Waals surface area contributed by atoms with Crippen molar-refractivity contribution in [1.29, 1.82) is 0 Å². The van der Waals surface area contributed by atoms with Gasteiger partial charge in [-0.25, -0.2) is 4.79 Å². The number of fused-ring (bicyclic) bond motifs is 3. The van der Waals surface area contributed by atoms with Gasteiger partial charge >= 0.3 is 5.97 Å². The number of halogens is 1. The SMILES string of the molecule is C=CCC(=O)Nc1ccc2c(c1Br)C(=O)OCc1cccc(OC)c1-2. The Morgan fingerprint density at radius 2 is 2.16 bits per heavy atom. The quantitative estimate of drug-likeness (QED) is 0.612. The average molecular weight is 402 g/mol. The summed E-state index contributed by atoms with van der Waals surface area (Å²) < 4.78 is 11.3. The highest BCUT2D eigenvalue weighted by Crippen LogP contribution is 2.42. The molecule has 0 fully saturated rings. The number of benzene rings is 2. The van der Waals surface area contributed by atoms with E-state index in [0.717, 1.165) is 11.1 Å². The molecule has 0 saturated carbocycles. The molecule has 0 spiro atoms. The Kier molecular flexibility index (Phi) is 4.90. The number of ether oxygens (including phenoxy) is 2. The molecule has 3 rings (SSSR count). The molecule has 2 aromatic carbocycles. The van der Waals surface area contributed by atoms with Gasteiger partial charge in [-0.3, -0.25) is 4.79 Å². The summed E-state index contributed by atoms with van der Waals surface area (Å²) in [4.78, 5) is 24.4. The van der Waals surface area contributed by atoms with Crippen LogP contribution in [0.2, 0.25) is 0 Å². The van der Waals surface area contributed by atoms with Gasteiger partial charge in [-0.1, -0.05) is 24.3 Å². The van der Waals surface area contributed by atoms with Crippen molar-refractivity contribution < 1.29 is 19.1 Å². The molecule has 25 heavy (non-hydrogen) atoms. The molecule has 0 saturated heterocycles. The van der Waals surface area contributed by atoms with E-state index < -0.39 is 5.97 Å². The third-order valence-corrected chi connectivity index (χ3v) is 4.73. The summed E-state index contributed by atoms with van der Waals surface area (Å²) in [7, 11) is 1.59. The lowest BCUT2D eigenvalue weighted by molar-refractivity contribution is -0.115. The van der Waals surface area contributed by atoms with E-state index in [4.69, 9.17) is 9.47 Å². The van der Waals surface area contributed by atoms with Crippen molar-refractivity contribution in [2.75, 3.05) is 12.4 Å². The maximum Gasteiger partial charge on any atom is 0.340 e. The minimum atomic E-state index is -0.458. The van der Waals surface area contributed by atoms with Crippen molar-refractivity contribution in [3.63, 3.8) is 0 Å². The molecule has 1 heterocycles. The summed E-state index contributed by atoms with van der Waals surface area (Å²) in [6.07, 6.45) is 1.70. The predicted molar refractivity (Wildman–Crippen MR) is 98.7 cm³/mol. The van der Waals surface area contributed by atoms with Gasteiger partial charge in [0, 0.05) is 23.1 Å². The minimum Gasteiger partial charge on any atom is -0.496 e. The van der Waals surface area contributed by atoms with Gasteiger partial charge in [0.05, 0.1) is 22.8 Å². The summed E-state index contributed by atoms with van der Waals surface area (Å²) in [6.45, 7) is 3.70. The Labute approximate surface area is 153 Å². The van der Waals surface area contributed by atoms with Crippen LogP contribution in [0.3, 0.4) is 0 Å². The number of hydrogen-bond donors (Lipinski definition) is 1. The normalized spacial score (nSPS) is 12.3. The summed E-state index contributed by atoms with van der Waals surface area (Å²) >= 11 is 3.44. The van der Waals surface area contributed by atoms with Crippen LogP contribution >= 0.6 is 15.9 Å². The maximum absolute atomic E-state index is 12.5. The minimum absolute atomic E-state index is 0.157. The summed E-state index contributed by atoms with van der Waals surface area (Å²) in [5, 5.41) is 2.76. The first kappa shape index (κ1) is 17.2. The van der Waals surface area contributed by atoms with Gasteiger partial charge in [-0.2, -0.15) is 0 Å². The van der Waals surface area contributed by atoms with E-state index in [1.807, 2.05) is 18.2 Å². The van der Waals surface area contributed by atoms with Crippen molar-refractivity contribution in [2.45, 2.75) is 13.0 Å². The predicted octanol–water partition coefficient (Wildman–Crippen LogP) is 4.31. The first-order chi connectivity index (χ1) is 12.1. The third kappa shape index (κ3) is 3.17. The van der Waals surface area contributed by atoms with Gasteiger partial charge in [-0.05, 0) is 28.1 Å². The van der Waals surface area contributed by atoms with Gasteiger partial charge in [0.2, 0.25) is 5.91 Å². The fourth-order valence-corrected chi connectivity index (χ4v) is 3.41. The largest absolute Gasteiger partial charge is 0.496 e. The van der Waals surface area contributed by atoms with Crippen LogP contribution in [0.1, 0.15) is 22.3 Å². The van der Waals surface area contributed by atoms with Crippen LogP contribution in [0.4, 0.5) is 5.69 Å². The number of amides is 1. The van der Waals surface area contributed by atoms with E-state index >= 15 is 0 Å². The van der Waals surface area contributed by atoms with E-state index in [9.17, 15) is 9.59 Å². The molecule has 1 aliphatic heterocycles. The number of anilines is 1. The Hall–Kier alpha value is -2.60. The highest BCUT2D eigenvalue weighted by Gasteiger charge is 2.27. The Bertz CT molecular complexity index is 876. The average Bonchev–Trinajstić information content (AvgIpc) is 2.75. The lowest BCUT2D eigenvalue weighted by Gasteiger charge is -2.15. The molecule has 0 bridgehead atoms. The molecule has 0 unspecified atom stereocenters. The molecule has 0 aromatic heterocycles. The smallest absolute Gasteiger partial charge is 0.340 e. The van der Waals surface area contributed by atoms with Gasteiger partial charge < -0.3 is 14.8 Å². The molecule has 128 valence electrons. The summed E-state index contributed by atoms with van der Waals surface area (Å²) in [5.41, 5.74) is 3.24. The van der Waals surface area contributed by atoms with E-state index in [0.29, 0.717) is 27.0 Å². The topological polar surface area (TPSA) is 64.6 Å². The molecule has 0 atom stereocenters. The molecule has 6 heteroatoms. The number of carbonyl (C=O) groups is 2. The number of hydrogen-bond acceptors (Lipinski definition) is 4. The van der Waals surface area contributed by atoms with Gasteiger partial charge in [0.25, 0.3) is 0 Å². The molecule has 2 aromatic rings. The van der Waals surface area contributed by atoms with Crippen LogP contribution in [0, 0.1) is 0 Å². The highest BCUT2D eigenvalue weighted by molar-refractivity contribution is 9.10. The van der Waals surface area contributed by atoms with E-state index in [2.05, 4.69) is 27.8 Å². The second-order valence-corrected chi connectivity index (χ2v) is 6.25. The Morgan fingerprint density at radius 3 is 2.88 bits per heavy atom. The van der Waals surface area contributed by atoms with Crippen LogP contribution in [0.15, 0.2) is 47.5 Å². The van der Waals surface area contributed by atoms with Crippen LogP contribution in [0.5, 0.6) is 5.75 Å². The molecular formula is C19H16BrNO4. The zero-order valence-electron chi connectivity index (χ0n) is 13.6. The lowest BCUT2D eigenvalue weighted by atomic mass is 9.95. The monoisotopic (exact) mass is 401 g/mol. The summed E-state index contributed by atoms with van der Waals surface area (Å²) in [5.74, 6) is -0.0111. The molecule has 1 aliphatic rings. The maximum atomic E-state index is 12.5. The standard InChI is InChI=1S/C19H16BrNO4/c1-3-5-15(22)21-13-9-8-12-16-11(6-4-7-14(16)24-2)10-25-19(23)17(12)18(13)20/h3-4,6-9H,1,5,10H2,2H3,(H,21,22). The van der Waals surface area contributed by atoms with Crippen molar-refractivity contribution in [3.05, 3.63) is 58.6 Å². The number of carbonyl (C=O) groups excluding carboxylic acids is 2. The molecule has 5 nitrogen and oxygen atoms in total. The summed E-state index contributed by atoms with van der Waals surface area (Å²) in [6, 6.07) is 9.13. The van der Waals surface area contributed by atoms with Gasteiger partial charge in [0.15, 0.2) is 0 Å². The van der Waals surface area contributed by atoms with Crippen LogP contribution < -0.4 is 10.1 Å². The second kappa shape index (κ2) is 7.11. The zero-order chi connectivity index (χ0) is 18.0. The molecular weight excluding hydrogens is 386 g/mol. The van der Waals surface area contributed by atoms with E-state index in [1.54, 1.807) is 19.2 Å². The number of esters is 1.